The van der Waals surface area contributed by atoms with E-state index in [0.717, 1.165) is 38.3 Å². The molecule has 0 aromatic rings. The molecule has 8 nitrogen and oxygen atoms in total. The van der Waals surface area contributed by atoms with Crippen molar-refractivity contribution >= 4 is 6.03 Å². The predicted octanol–water partition coefficient (Wildman–Crippen LogP) is 1.23. The molecule has 2 amide bonds. The third kappa shape index (κ3) is 6.07. The molecular weight excluding hydrogens is 382 g/mol. The Morgan fingerprint density at radius 2 is 1.67 bits per heavy atom. The van der Waals surface area contributed by atoms with Gasteiger partial charge in [0.2, 0.25) is 0 Å². The number of nitrogens with zero attached hydrogens (tertiary/aromatic N) is 1. The van der Waals surface area contributed by atoms with Crippen molar-refractivity contribution in [3.63, 3.8) is 0 Å². The normalized spacial score (nSPS) is 38.2. The number of urea groups is 1. The molecule has 8 heteroatoms. The largest absolute Gasteiger partial charge is 0.381 e. The van der Waals surface area contributed by atoms with Crippen LogP contribution in [0.2, 0.25) is 0 Å². The van der Waals surface area contributed by atoms with Crippen LogP contribution in [0.15, 0.2) is 0 Å². The summed E-state index contributed by atoms with van der Waals surface area (Å²) in [7, 11) is 1.84. The standard InChI is InChI=1S/C22H41N5O3/c1-29-20-7-5-16(6-8-20)17-14-23-21(24-15-17)25-18-3-2-4-19(13-18)26-22(28)27-9-11-30-12-10-27/h16-21,23-25H,2-15H2,1H3,(H,26,28). The maximum Gasteiger partial charge on any atom is 0.317 e. The topological polar surface area (TPSA) is 86.9 Å². The van der Waals surface area contributed by atoms with E-state index in [1.54, 1.807) is 0 Å². The summed E-state index contributed by atoms with van der Waals surface area (Å²) in [5.41, 5.74) is 0. The summed E-state index contributed by atoms with van der Waals surface area (Å²) in [5, 5.41) is 14.4. The fourth-order valence-electron chi connectivity index (χ4n) is 5.67. The zero-order valence-corrected chi connectivity index (χ0v) is 18.5. The van der Waals surface area contributed by atoms with Gasteiger partial charge >= 0.3 is 6.03 Å². The Kier molecular flexibility index (Phi) is 8.23. The molecule has 172 valence electrons. The summed E-state index contributed by atoms with van der Waals surface area (Å²) in [5.74, 6) is 1.53. The Bertz CT molecular complexity index is 529. The van der Waals surface area contributed by atoms with Gasteiger partial charge in [-0.15, -0.1) is 0 Å². The van der Waals surface area contributed by atoms with E-state index in [1.807, 2.05) is 12.0 Å². The Labute approximate surface area is 181 Å². The van der Waals surface area contributed by atoms with Gasteiger partial charge in [-0.2, -0.15) is 0 Å². The monoisotopic (exact) mass is 423 g/mol. The number of amides is 2. The molecule has 0 aromatic heterocycles. The van der Waals surface area contributed by atoms with Crippen LogP contribution in [0.1, 0.15) is 51.4 Å². The lowest BCUT2D eigenvalue weighted by atomic mass is 9.78. The molecule has 2 saturated heterocycles. The molecule has 2 saturated carbocycles. The van der Waals surface area contributed by atoms with Crippen molar-refractivity contribution in [2.24, 2.45) is 11.8 Å². The van der Waals surface area contributed by atoms with Crippen LogP contribution >= 0.6 is 0 Å². The Hall–Kier alpha value is -0.930. The van der Waals surface area contributed by atoms with E-state index < -0.39 is 0 Å². The second kappa shape index (κ2) is 11.1. The first-order valence-corrected chi connectivity index (χ1v) is 12.1. The second-order valence-corrected chi connectivity index (χ2v) is 9.56. The van der Waals surface area contributed by atoms with Gasteiger partial charge in [-0.3, -0.25) is 16.0 Å². The van der Waals surface area contributed by atoms with Gasteiger partial charge in [-0.25, -0.2) is 4.79 Å². The number of hydrogen-bond acceptors (Lipinski definition) is 6. The van der Waals surface area contributed by atoms with Gasteiger partial charge < -0.3 is 19.7 Å². The first kappa shape index (κ1) is 22.3. The van der Waals surface area contributed by atoms with Crippen LogP contribution in [0.4, 0.5) is 4.79 Å². The zero-order valence-electron chi connectivity index (χ0n) is 18.5. The number of carbonyl (C=O) groups is 1. The molecular formula is C22H41N5O3. The molecule has 2 unspecified atom stereocenters. The molecule has 4 N–H and O–H groups in total. The SMILES string of the molecule is COC1CCC(C2CNC(NC3CCCC(NC(=O)N4CCOCC4)C3)NC2)CC1. The molecule has 0 aromatic carbocycles. The van der Waals surface area contributed by atoms with Crippen LogP contribution in [0.5, 0.6) is 0 Å². The molecule has 2 aliphatic heterocycles. The molecule has 0 radical (unpaired) electrons. The van der Waals surface area contributed by atoms with Crippen LogP contribution in [0.25, 0.3) is 0 Å². The van der Waals surface area contributed by atoms with Gasteiger partial charge in [-0.1, -0.05) is 0 Å². The van der Waals surface area contributed by atoms with Crippen molar-refractivity contribution in [2.75, 3.05) is 46.5 Å². The summed E-state index contributed by atoms with van der Waals surface area (Å²) < 4.78 is 10.9. The fraction of sp³-hybridized carbons (Fsp3) is 0.955. The van der Waals surface area contributed by atoms with E-state index in [2.05, 4.69) is 21.3 Å². The summed E-state index contributed by atoms with van der Waals surface area (Å²) in [4.78, 5) is 14.4. The maximum absolute atomic E-state index is 12.5. The third-order valence-corrected chi connectivity index (χ3v) is 7.59. The lowest BCUT2D eigenvalue weighted by molar-refractivity contribution is 0.0413. The van der Waals surface area contributed by atoms with Gasteiger partial charge in [0.25, 0.3) is 0 Å². The van der Waals surface area contributed by atoms with Crippen molar-refractivity contribution in [1.29, 1.82) is 0 Å². The first-order chi connectivity index (χ1) is 14.7. The first-order valence-electron chi connectivity index (χ1n) is 12.1. The number of morpholine rings is 1. The molecule has 2 heterocycles. The quantitative estimate of drug-likeness (QED) is 0.532. The number of ether oxygens (including phenoxy) is 2. The van der Waals surface area contributed by atoms with E-state index in [-0.39, 0.29) is 18.4 Å². The Balaban J connectivity index is 1.16. The van der Waals surface area contributed by atoms with Crippen LogP contribution < -0.4 is 21.3 Å². The number of carbonyl (C=O) groups excluding carboxylic acids is 1. The molecule has 0 spiro atoms. The molecule has 4 fully saturated rings. The molecule has 2 aliphatic carbocycles. The van der Waals surface area contributed by atoms with Crippen LogP contribution in [-0.4, -0.2) is 81.9 Å². The molecule has 2 atom stereocenters. The fourth-order valence-corrected chi connectivity index (χ4v) is 5.67. The molecule has 4 aliphatic rings. The van der Waals surface area contributed by atoms with Crippen molar-refractivity contribution in [2.45, 2.75) is 75.8 Å². The van der Waals surface area contributed by atoms with E-state index in [9.17, 15) is 4.79 Å². The molecule has 30 heavy (non-hydrogen) atoms. The highest BCUT2D eigenvalue weighted by Gasteiger charge is 2.32. The van der Waals surface area contributed by atoms with Gasteiger partial charge in [0.1, 0.15) is 6.29 Å². The van der Waals surface area contributed by atoms with Crippen molar-refractivity contribution in [3.05, 3.63) is 0 Å². The summed E-state index contributed by atoms with van der Waals surface area (Å²) in [6, 6.07) is 0.773. The van der Waals surface area contributed by atoms with E-state index in [4.69, 9.17) is 9.47 Å². The number of hydrogen-bond donors (Lipinski definition) is 4. The van der Waals surface area contributed by atoms with Crippen LogP contribution in [0, 0.1) is 11.8 Å². The Morgan fingerprint density at radius 3 is 2.37 bits per heavy atom. The average molecular weight is 424 g/mol. The maximum atomic E-state index is 12.5. The summed E-state index contributed by atoms with van der Waals surface area (Å²) in [6.07, 6.45) is 10.1. The van der Waals surface area contributed by atoms with Crippen LogP contribution in [0.3, 0.4) is 0 Å². The van der Waals surface area contributed by atoms with Crippen molar-refractivity contribution in [1.82, 2.24) is 26.2 Å². The summed E-state index contributed by atoms with van der Waals surface area (Å²) >= 11 is 0. The Morgan fingerprint density at radius 1 is 0.967 bits per heavy atom. The van der Waals surface area contributed by atoms with Gasteiger partial charge in [0.05, 0.1) is 19.3 Å². The predicted molar refractivity (Wildman–Crippen MR) is 116 cm³/mol. The minimum Gasteiger partial charge on any atom is -0.381 e. The van der Waals surface area contributed by atoms with Gasteiger partial charge in [-0.05, 0) is 63.2 Å². The number of rotatable bonds is 5. The van der Waals surface area contributed by atoms with Crippen molar-refractivity contribution < 1.29 is 14.3 Å². The molecule has 0 bridgehead atoms. The van der Waals surface area contributed by atoms with Crippen molar-refractivity contribution in [3.8, 4) is 0 Å². The van der Waals surface area contributed by atoms with Crippen LogP contribution in [-0.2, 0) is 9.47 Å². The highest BCUT2D eigenvalue weighted by molar-refractivity contribution is 5.74. The minimum absolute atomic E-state index is 0.0731. The highest BCUT2D eigenvalue weighted by atomic mass is 16.5. The zero-order chi connectivity index (χ0) is 20.8. The lowest BCUT2D eigenvalue weighted by Crippen LogP contribution is -2.63. The van der Waals surface area contributed by atoms with E-state index in [0.29, 0.717) is 44.4 Å². The average Bonchev–Trinajstić information content (AvgIpc) is 2.80. The summed E-state index contributed by atoms with van der Waals surface area (Å²) in [6.45, 7) is 4.86. The van der Waals surface area contributed by atoms with Gasteiger partial charge in [0, 0.05) is 45.4 Å². The van der Waals surface area contributed by atoms with Gasteiger partial charge in [0.15, 0.2) is 0 Å². The smallest absolute Gasteiger partial charge is 0.317 e. The minimum atomic E-state index is 0.0731. The van der Waals surface area contributed by atoms with E-state index >= 15 is 0 Å². The number of methoxy groups -OCH3 is 1. The lowest BCUT2D eigenvalue weighted by Gasteiger charge is -2.41. The second-order valence-electron chi connectivity index (χ2n) is 9.56. The van der Waals surface area contributed by atoms with E-state index in [1.165, 1.54) is 32.1 Å². The number of nitrogens with one attached hydrogen (secondary N) is 4. The third-order valence-electron chi connectivity index (χ3n) is 7.59. The molecule has 4 rings (SSSR count). The highest BCUT2D eigenvalue weighted by Crippen LogP contribution is 2.31.